The Morgan fingerprint density at radius 2 is 2.00 bits per heavy atom. The molecule has 0 heterocycles. The molecule has 0 atom stereocenters. The minimum Gasteiger partial charge on any atom is -0.478 e. The van der Waals surface area contributed by atoms with Gasteiger partial charge in [0.15, 0.2) is 0 Å². The zero-order valence-corrected chi connectivity index (χ0v) is 13.1. The third kappa shape index (κ3) is 5.06. The lowest BCUT2D eigenvalue weighted by atomic mass is 9.90. The minimum absolute atomic E-state index is 0.0599. The molecule has 0 aliphatic heterocycles. The van der Waals surface area contributed by atoms with Gasteiger partial charge in [0, 0.05) is 18.2 Å². The van der Waals surface area contributed by atoms with Gasteiger partial charge in [0.1, 0.15) is 0 Å². The van der Waals surface area contributed by atoms with Crippen molar-refractivity contribution in [3.63, 3.8) is 0 Å². The fraction of sp³-hybridized carbons (Fsp3) is 0.412. The summed E-state index contributed by atoms with van der Waals surface area (Å²) in [7, 11) is 0. The average molecular weight is 289 g/mol. The van der Waals surface area contributed by atoms with E-state index in [0.717, 1.165) is 23.6 Å². The lowest BCUT2D eigenvalue weighted by Crippen LogP contribution is -2.34. The molecule has 0 aliphatic carbocycles. The Morgan fingerprint density at radius 3 is 2.57 bits per heavy atom. The Kier molecular flexibility index (Phi) is 5.70. The molecule has 0 saturated heterocycles. The molecule has 1 amide bonds. The molecule has 0 aliphatic rings. The summed E-state index contributed by atoms with van der Waals surface area (Å²) in [6, 6.07) is 5.30. The second-order valence-corrected chi connectivity index (χ2v) is 5.89. The molecule has 0 saturated carbocycles. The van der Waals surface area contributed by atoms with Gasteiger partial charge in [-0.25, -0.2) is 4.79 Å². The monoisotopic (exact) mass is 289 g/mol. The highest BCUT2D eigenvalue weighted by Crippen LogP contribution is 2.19. The first-order chi connectivity index (χ1) is 9.76. The summed E-state index contributed by atoms with van der Waals surface area (Å²) in [5.74, 6) is -1.13. The van der Waals surface area contributed by atoms with E-state index < -0.39 is 5.97 Å². The molecular weight excluding hydrogens is 266 g/mol. The Hall–Kier alpha value is -2.10. The van der Waals surface area contributed by atoms with Crippen LogP contribution in [0.5, 0.6) is 0 Å². The summed E-state index contributed by atoms with van der Waals surface area (Å²) in [5.41, 5.74) is 2.15. The van der Waals surface area contributed by atoms with E-state index in [0.29, 0.717) is 12.1 Å². The molecule has 114 valence electrons. The Bertz CT molecular complexity index is 559. The van der Waals surface area contributed by atoms with Crippen LogP contribution in [0.2, 0.25) is 0 Å². The third-order valence-electron chi connectivity index (χ3n) is 3.71. The summed E-state index contributed by atoms with van der Waals surface area (Å²) < 4.78 is 0. The van der Waals surface area contributed by atoms with E-state index in [1.807, 2.05) is 6.92 Å². The maximum atomic E-state index is 12.3. The molecule has 1 aromatic rings. The number of aliphatic carboxylic acids is 1. The number of carboxylic acid groups (broad SMARTS) is 1. The molecule has 1 rings (SSSR count). The molecule has 4 heteroatoms. The summed E-state index contributed by atoms with van der Waals surface area (Å²) in [6.45, 7) is 8.73. The number of hydrogen-bond acceptors (Lipinski definition) is 2. The van der Waals surface area contributed by atoms with Gasteiger partial charge in [0.25, 0.3) is 5.91 Å². The zero-order valence-electron chi connectivity index (χ0n) is 13.1. The van der Waals surface area contributed by atoms with Crippen molar-refractivity contribution in [3.8, 4) is 0 Å². The molecular formula is C17H23NO3. The number of rotatable bonds is 6. The summed E-state index contributed by atoms with van der Waals surface area (Å²) in [4.78, 5) is 22.8. The summed E-state index contributed by atoms with van der Waals surface area (Å²) >= 11 is 0. The van der Waals surface area contributed by atoms with Crippen molar-refractivity contribution in [2.75, 3.05) is 6.54 Å². The normalized spacial score (nSPS) is 11.6. The SMILES string of the molecule is CCC(C)(C)CNC(=O)c1cccc(/C=C/C(=O)O)c1C. The number of carbonyl (C=O) groups is 2. The van der Waals surface area contributed by atoms with Crippen molar-refractivity contribution >= 4 is 18.0 Å². The molecule has 1 aromatic carbocycles. The molecule has 0 fully saturated rings. The third-order valence-corrected chi connectivity index (χ3v) is 3.71. The smallest absolute Gasteiger partial charge is 0.328 e. The summed E-state index contributed by atoms with van der Waals surface area (Å²) in [5, 5.41) is 11.6. The van der Waals surface area contributed by atoms with Gasteiger partial charge < -0.3 is 10.4 Å². The van der Waals surface area contributed by atoms with Crippen LogP contribution in [0, 0.1) is 12.3 Å². The zero-order chi connectivity index (χ0) is 16.0. The predicted molar refractivity (Wildman–Crippen MR) is 84.3 cm³/mol. The van der Waals surface area contributed by atoms with Crippen molar-refractivity contribution in [2.24, 2.45) is 5.41 Å². The summed E-state index contributed by atoms with van der Waals surface area (Å²) in [6.07, 6.45) is 3.56. The van der Waals surface area contributed by atoms with Crippen LogP contribution in [0.3, 0.4) is 0 Å². The number of nitrogens with one attached hydrogen (secondary N) is 1. The first kappa shape index (κ1) is 17.0. The van der Waals surface area contributed by atoms with Gasteiger partial charge in [0.2, 0.25) is 0 Å². The molecule has 0 bridgehead atoms. The number of amides is 1. The number of hydrogen-bond donors (Lipinski definition) is 2. The van der Waals surface area contributed by atoms with E-state index in [1.54, 1.807) is 18.2 Å². The largest absolute Gasteiger partial charge is 0.478 e. The van der Waals surface area contributed by atoms with E-state index in [2.05, 4.69) is 26.1 Å². The first-order valence-corrected chi connectivity index (χ1v) is 7.05. The van der Waals surface area contributed by atoms with Gasteiger partial charge in [-0.15, -0.1) is 0 Å². The Balaban J connectivity index is 2.91. The Labute approximate surface area is 125 Å². The van der Waals surface area contributed by atoms with Crippen LogP contribution in [0.1, 0.15) is 48.7 Å². The quantitative estimate of drug-likeness (QED) is 0.790. The van der Waals surface area contributed by atoms with Crippen LogP contribution in [0.4, 0.5) is 0 Å². The molecule has 21 heavy (non-hydrogen) atoms. The van der Waals surface area contributed by atoms with Crippen molar-refractivity contribution in [2.45, 2.75) is 34.1 Å². The maximum absolute atomic E-state index is 12.3. The van der Waals surface area contributed by atoms with Crippen LogP contribution in [-0.4, -0.2) is 23.5 Å². The van der Waals surface area contributed by atoms with Gasteiger partial charge in [-0.3, -0.25) is 4.79 Å². The fourth-order valence-corrected chi connectivity index (χ4v) is 1.78. The molecule has 0 spiro atoms. The van der Waals surface area contributed by atoms with Gasteiger partial charge in [0.05, 0.1) is 0 Å². The van der Waals surface area contributed by atoms with Gasteiger partial charge in [-0.1, -0.05) is 32.9 Å². The van der Waals surface area contributed by atoms with E-state index in [1.165, 1.54) is 6.08 Å². The lowest BCUT2D eigenvalue weighted by Gasteiger charge is -2.23. The maximum Gasteiger partial charge on any atom is 0.328 e. The van der Waals surface area contributed by atoms with E-state index in [-0.39, 0.29) is 11.3 Å². The van der Waals surface area contributed by atoms with Crippen LogP contribution in [0.25, 0.3) is 6.08 Å². The molecule has 2 N–H and O–H groups in total. The minimum atomic E-state index is -1.01. The lowest BCUT2D eigenvalue weighted by molar-refractivity contribution is -0.131. The second-order valence-electron chi connectivity index (χ2n) is 5.89. The van der Waals surface area contributed by atoms with Crippen molar-refractivity contribution in [1.29, 1.82) is 0 Å². The highest BCUT2D eigenvalue weighted by atomic mass is 16.4. The predicted octanol–water partition coefficient (Wildman–Crippen LogP) is 3.26. The number of carboxylic acids is 1. The van der Waals surface area contributed by atoms with Gasteiger partial charge in [-0.2, -0.15) is 0 Å². The average Bonchev–Trinajstić information content (AvgIpc) is 2.43. The van der Waals surface area contributed by atoms with Gasteiger partial charge in [-0.05, 0) is 42.0 Å². The molecule has 0 aromatic heterocycles. The highest BCUT2D eigenvalue weighted by molar-refractivity contribution is 5.97. The fourth-order valence-electron chi connectivity index (χ4n) is 1.78. The van der Waals surface area contributed by atoms with Crippen LogP contribution >= 0.6 is 0 Å². The number of carbonyl (C=O) groups excluding carboxylic acids is 1. The number of benzene rings is 1. The van der Waals surface area contributed by atoms with E-state index in [4.69, 9.17) is 5.11 Å². The molecule has 0 unspecified atom stereocenters. The van der Waals surface area contributed by atoms with Crippen LogP contribution < -0.4 is 5.32 Å². The highest BCUT2D eigenvalue weighted by Gasteiger charge is 2.17. The van der Waals surface area contributed by atoms with Crippen molar-refractivity contribution in [3.05, 3.63) is 41.0 Å². The van der Waals surface area contributed by atoms with E-state index >= 15 is 0 Å². The first-order valence-electron chi connectivity index (χ1n) is 7.05. The Morgan fingerprint density at radius 1 is 1.33 bits per heavy atom. The van der Waals surface area contributed by atoms with Crippen LogP contribution in [0.15, 0.2) is 24.3 Å². The van der Waals surface area contributed by atoms with Gasteiger partial charge >= 0.3 is 5.97 Å². The molecule has 4 nitrogen and oxygen atoms in total. The van der Waals surface area contributed by atoms with Crippen LogP contribution in [-0.2, 0) is 4.79 Å². The standard InChI is InChI=1S/C17H23NO3/c1-5-17(3,4)11-18-16(21)14-8-6-7-13(12(14)2)9-10-15(19)20/h6-10H,5,11H2,1-4H3,(H,18,21)(H,19,20)/b10-9+. The molecule has 0 radical (unpaired) electrons. The van der Waals surface area contributed by atoms with Crippen molar-refractivity contribution in [1.82, 2.24) is 5.32 Å². The van der Waals surface area contributed by atoms with E-state index in [9.17, 15) is 9.59 Å². The topological polar surface area (TPSA) is 66.4 Å². The van der Waals surface area contributed by atoms with Crippen molar-refractivity contribution < 1.29 is 14.7 Å². The second kappa shape index (κ2) is 7.07.